The largest absolute Gasteiger partial charge is 0.353 e. The number of benzene rings is 1. The van der Waals surface area contributed by atoms with Crippen molar-refractivity contribution in [2.24, 2.45) is 0 Å². The first-order valence-electron chi connectivity index (χ1n) is 8.72. The smallest absolute Gasteiger partial charge is 0.225 e. The summed E-state index contributed by atoms with van der Waals surface area (Å²) in [5.41, 5.74) is 1.02. The van der Waals surface area contributed by atoms with Gasteiger partial charge >= 0.3 is 0 Å². The van der Waals surface area contributed by atoms with E-state index in [1.807, 2.05) is 49.4 Å². The number of rotatable bonds is 4. The van der Waals surface area contributed by atoms with E-state index >= 15 is 0 Å². The lowest BCUT2D eigenvalue weighted by molar-refractivity contribution is 0.633. The first-order valence-corrected chi connectivity index (χ1v) is 8.72. The van der Waals surface area contributed by atoms with Crippen molar-refractivity contribution in [1.82, 2.24) is 19.9 Å². The Bertz CT molecular complexity index is 846. The van der Waals surface area contributed by atoms with Crippen molar-refractivity contribution in [3.63, 3.8) is 0 Å². The van der Waals surface area contributed by atoms with Gasteiger partial charge in [-0.1, -0.05) is 18.2 Å². The molecule has 1 aliphatic heterocycles. The Balaban J connectivity index is 1.46. The van der Waals surface area contributed by atoms with Gasteiger partial charge in [-0.2, -0.15) is 0 Å². The van der Waals surface area contributed by atoms with E-state index in [-0.39, 0.29) is 0 Å². The van der Waals surface area contributed by atoms with Crippen molar-refractivity contribution in [1.29, 1.82) is 0 Å². The number of piperazine rings is 1. The molecule has 0 radical (unpaired) electrons. The van der Waals surface area contributed by atoms with Gasteiger partial charge in [-0.05, 0) is 25.1 Å². The van der Waals surface area contributed by atoms with E-state index in [4.69, 9.17) is 0 Å². The van der Waals surface area contributed by atoms with Gasteiger partial charge in [0.05, 0.1) is 0 Å². The molecule has 7 heteroatoms. The molecule has 0 amide bonds. The minimum atomic E-state index is 0.759. The molecule has 1 aliphatic rings. The molecular formula is C19H21N7. The van der Waals surface area contributed by atoms with Crippen molar-refractivity contribution < 1.29 is 0 Å². The Morgan fingerprint density at radius 1 is 0.846 bits per heavy atom. The third-order valence-electron chi connectivity index (χ3n) is 4.31. The SMILES string of the molecule is Cc1nc(Nc2ccccc2)cc(N2CCN(c3ncccn3)CC2)n1. The minimum Gasteiger partial charge on any atom is -0.353 e. The van der Waals surface area contributed by atoms with Gasteiger partial charge < -0.3 is 15.1 Å². The fraction of sp³-hybridized carbons (Fsp3) is 0.263. The van der Waals surface area contributed by atoms with Crippen molar-refractivity contribution in [3.8, 4) is 0 Å². The molecule has 0 atom stereocenters. The van der Waals surface area contributed by atoms with Crippen LogP contribution in [0.15, 0.2) is 54.9 Å². The number of para-hydroxylation sites is 1. The molecule has 26 heavy (non-hydrogen) atoms. The standard InChI is InChI=1S/C19H21N7/c1-15-22-17(24-16-6-3-2-4-7-16)14-18(23-15)25-10-12-26(13-11-25)19-20-8-5-9-21-19/h2-9,14H,10-13H2,1H3,(H,22,23,24). The molecule has 7 nitrogen and oxygen atoms in total. The van der Waals surface area contributed by atoms with Crippen molar-refractivity contribution in [3.05, 3.63) is 60.7 Å². The monoisotopic (exact) mass is 347 g/mol. The molecule has 0 bridgehead atoms. The first-order chi connectivity index (χ1) is 12.8. The highest BCUT2D eigenvalue weighted by Gasteiger charge is 2.20. The summed E-state index contributed by atoms with van der Waals surface area (Å²) in [6, 6.07) is 13.9. The predicted molar refractivity (Wildman–Crippen MR) is 103 cm³/mol. The second-order valence-corrected chi connectivity index (χ2v) is 6.17. The molecule has 0 unspecified atom stereocenters. The lowest BCUT2D eigenvalue weighted by atomic mass is 10.3. The Labute approximate surface area is 152 Å². The van der Waals surface area contributed by atoms with Gasteiger partial charge in [0, 0.05) is 50.3 Å². The molecule has 1 aromatic carbocycles. The Kier molecular flexibility index (Phi) is 4.59. The van der Waals surface area contributed by atoms with Crippen LogP contribution in [0.3, 0.4) is 0 Å². The molecule has 4 rings (SSSR count). The molecule has 1 fully saturated rings. The number of hydrogen-bond acceptors (Lipinski definition) is 7. The number of nitrogens with one attached hydrogen (secondary N) is 1. The fourth-order valence-electron chi connectivity index (χ4n) is 3.04. The van der Waals surface area contributed by atoms with Crippen molar-refractivity contribution >= 4 is 23.3 Å². The summed E-state index contributed by atoms with van der Waals surface area (Å²) in [4.78, 5) is 22.3. The van der Waals surface area contributed by atoms with Gasteiger partial charge in [0.2, 0.25) is 5.95 Å². The second-order valence-electron chi connectivity index (χ2n) is 6.17. The van der Waals surface area contributed by atoms with Gasteiger partial charge in [0.15, 0.2) is 0 Å². The molecule has 2 aromatic heterocycles. The number of aryl methyl sites for hydroxylation is 1. The van der Waals surface area contributed by atoms with Crippen LogP contribution in [0.5, 0.6) is 0 Å². The molecule has 0 saturated carbocycles. The number of hydrogen-bond donors (Lipinski definition) is 1. The molecule has 1 saturated heterocycles. The third-order valence-corrected chi connectivity index (χ3v) is 4.31. The average Bonchev–Trinajstić information content (AvgIpc) is 2.69. The fourth-order valence-corrected chi connectivity index (χ4v) is 3.04. The average molecular weight is 347 g/mol. The maximum atomic E-state index is 4.62. The van der Waals surface area contributed by atoms with Gasteiger partial charge in [-0.15, -0.1) is 0 Å². The Hall–Kier alpha value is -3.22. The summed E-state index contributed by atoms with van der Waals surface area (Å²) >= 11 is 0. The first kappa shape index (κ1) is 16.3. The van der Waals surface area contributed by atoms with Gasteiger partial charge in [0.1, 0.15) is 17.5 Å². The van der Waals surface area contributed by atoms with Gasteiger partial charge in [-0.25, -0.2) is 19.9 Å². The van der Waals surface area contributed by atoms with Crippen LogP contribution in [0.2, 0.25) is 0 Å². The van der Waals surface area contributed by atoms with E-state index in [1.54, 1.807) is 12.4 Å². The van der Waals surface area contributed by atoms with E-state index in [0.29, 0.717) is 0 Å². The quantitative estimate of drug-likeness (QED) is 0.778. The highest BCUT2D eigenvalue weighted by atomic mass is 15.3. The molecule has 0 aliphatic carbocycles. The maximum Gasteiger partial charge on any atom is 0.225 e. The zero-order valence-corrected chi connectivity index (χ0v) is 14.7. The summed E-state index contributed by atoms with van der Waals surface area (Å²) in [5.74, 6) is 3.31. The van der Waals surface area contributed by atoms with Crippen LogP contribution < -0.4 is 15.1 Å². The van der Waals surface area contributed by atoms with Crippen LogP contribution in [0.25, 0.3) is 0 Å². The number of nitrogens with zero attached hydrogens (tertiary/aromatic N) is 6. The highest BCUT2D eigenvalue weighted by molar-refractivity contribution is 5.59. The van der Waals surface area contributed by atoms with E-state index in [1.165, 1.54) is 0 Å². The van der Waals surface area contributed by atoms with E-state index in [0.717, 1.165) is 55.3 Å². The van der Waals surface area contributed by atoms with Crippen molar-refractivity contribution in [2.75, 3.05) is 41.3 Å². The van der Waals surface area contributed by atoms with Crippen LogP contribution in [0.4, 0.5) is 23.3 Å². The molecule has 3 heterocycles. The van der Waals surface area contributed by atoms with Crippen molar-refractivity contribution in [2.45, 2.75) is 6.92 Å². The topological polar surface area (TPSA) is 70.1 Å². The third kappa shape index (κ3) is 3.72. The minimum absolute atomic E-state index is 0.759. The molecular weight excluding hydrogens is 326 g/mol. The van der Waals surface area contributed by atoms with Crippen LogP contribution in [-0.4, -0.2) is 46.1 Å². The summed E-state index contributed by atoms with van der Waals surface area (Å²) in [5, 5.41) is 3.35. The lowest BCUT2D eigenvalue weighted by Gasteiger charge is -2.35. The summed E-state index contributed by atoms with van der Waals surface area (Å²) in [6.07, 6.45) is 3.56. The van der Waals surface area contributed by atoms with Crippen LogP contribution in [-0.2, 0) is 0 Å². The second kappa shape index (κ2) is 7.35. The number of aromatic nitrogens is 4. The van der Waals surface area contributed by atoms with Crippen LogP contribution >= 0.6 is 0 Å². The predicted octanol–water partition coefficient (Wildman–Crippen LogP) is 2.65. The Morgan fingerprint density at radius 3 is 2.27 bits per heavy atom. The zero-order valence-electron chi connectivity index (χ0n) is 14.7. The van der Waals surface area contributed by atoms with Gasteiger partial charge in [0.25, 0.3) is 0 Å². The molecule has 3 aromatic rings. The molecule has 0 spiro atoms. The maximum absolute atomic E-state index is 4.62. The lowest BCUT2D eigenvalue weighted by Crippen LogP contribution is -2.47. The normalized spacial score (nSPS) is 14.3. The summed E-state index contributed by atoms with van der Waals surface area (Å²) in [7, 11) is 0. The summed E-state index contributed by atoms with van der Waals surface area (Å²) in [6.45, 7) is 5.41. The molecule has 1 N–H and O–H groups in total. The van der Waals surface area contributed by atoms with Crippen LogP contribution in [0, 0.1) is 6.92 Å². The van der Waals surface area contributed by atoms with E-state index in [9.17, 15) is 0 Å². The zero-order chi connectivity index (χ0) is 17.8. The summed E-state index contributed by atoms with van der Waals surface area (Å²) < 4.78 is 0. The van der Waals surface area contributed by atoms with Crippen LogP contribution in [0.1, 0.15) is 5.82 Å². The highest BCUT2D eigenvalue weighted by Crippen LogP contribution is 2.21. The van der Waals surface area contributed by atoms with Gasteiger partial charge in [-0.3, -0.25) is 0 Å². The van der Waals surface area contributed by atoms with E-state index in [2.05, 4.69) is 35.1 Å². The number of anilines is 4. The molecule has 132 valence electrons. The Morgan fingerprint density at radius 2 is 1.54 bits per heavy atom. The van der Waals surface area contributed by atoms with E-state index < -0.39 is 0 Å².